The Bertz CT molecular complexity index is 1120. The van der Waals surface area contributed by atoms with Crippen LogP contribution in [0.1, 0.15) is 16.1 Å². The number of halogens is 1. The van der Waals surface area contributed by atoms with Gasteiger partial charge in [0, 0.05) is 8.96 Å². The highest BCUT2D eigenvalue weighted by atomic mass is 127. The van der Waals surface area contributed by atoms with Crippen molar-refractivity contribution >= 4 is 56.5 Å². The molecule has 4 aromatic rings. The second-order valence-corrected chi connectivity index (χ2v) is 6.81. The van der Waals surface area contributed by atoms with Crippen LogP contribution in [0.15, 0.2) is 76.2 Å². The lowest BCUT2D eigenvalue weighted by molar-refractivity contribution is 0.0929. The van der Waals surface area contributed by atoms with E-state index in [9.17, 15) is 4.79 Å². The molecule has 1 aromatic heterocycles. The standard InChI is InChI=1S/C20H13IN2O2/c21-15-6-3-4-13(10-15)12-22-23-20(24)19-11-17-16-7-2-1-5-14(16)8-9-18(17)25-19/h1-12H,(H,23,24)/b22-12-. The summed E-state index contributed by atoms with van der Waals surface area (Å²) in [5, 5.41) is 7.10. The molecule has 1 amide bonds. The van der Waals surface area contributed by atoms with Crippen LogP contribution >= 0.6 is 22.6 Å². The fourth-order valence-electron chi connectivity index (χ4n) is 2.71. The number of benzene rings is 3. The maximum Gasteiger partial charge on any atom is 0.307 e. The summed E-state index contributed by atoms with van der Waals surface area (Å²) < 4.78 is 6.78. The summed E-state index contributed by atoms with van der Waals surface area (Å²) in [6.45, 7) is 0. The third-order valence-corrected chi connectivity index (χ3v) is 4.55. The molecule has 122 valence electrons. The lowest BCUT2D eigenvalue weighted by atomic mass is 10.1. The monoisotopic (exact) mass is 440 g/mol. The van der Waals surface area contributed by atoms with E-state index in [-0.39, 0.29) is 11.7 Å². The smallest absolute Gasteiger partial charge is 0.307 e. The van der Waals surface area contributed by atoms with Crippen molar-refractivity contribution in [2.45, 2.75) is 0 Å². The number of nitrogens with one attached hydrogen (secondary N) is 1. The third-order valence-electron chi connectivity index (χ3n) is 3.88. The molecule has 0 aliphatic rings. The quantitative estimate of drug-likeness (QED) is 0.278. The average Bonchev–Trinajstić information content (AvgIpc) is 3.07. The van der Waals surface area contributed by atoms with E-state index in [1.807, 2.05) is 60.7 Å². The van der Waals surface area contributed by atoms with Gasteiger partial charge in [-0.2, -0.15) is 5.10 Å². The molecule has 0 saturated carbocycles. The second-order valence-electron chi connectivity index (χ2n) is 5.56. The minimum absolute atomic E-state index is 0.242. The molecule has 0 fully saturated rings. The highest BCUT2D eigenvalue weighted by Crippen LogP contribution is 2.28. The van der Waals surface area contributed by atoms with Gasteiger partial charge in [-0.05, 0) is 63.2 Å². The Morgan fingerprint density at radius 3 is 2.76 bits per heavy atom. The van der Waals surface area contributed by atoms with E-state index >= 15 is 0 Å². The van der Waals surface area contributed by atoms with Crippen LogP contribution in [-0.2, 0) is 0 Å². The Labute approximate surface area is 157 Å². The first-order chi connectivity index (χ1) is 12.2. The van der Waals surface area contributed by atoms with E-state index in [1.165, 1.54) is 0 Å². The van der Waals surface area contributed by atoms with Gasteiger partial charge in [-0.15, -0.1) is 0 Å². The number of hydrazone groups is 1. The van der Waals surface area contributed by atoms with Crippen molar-refractivity contribution < 1.29 is 9.21 Å². The molecule has 0 aliphatic heterocycles. The molecule has 25 heavy (non-hydrogen) atoms. The van der Waals surface area contributed by atoms with Crippen molar-refractivity contribution in [3.05, 3.63) is 81.6 Å². The van der Waals surface area contributed by atoms with E-state index in [2.05, 4.69) is 33.1 Å². The van der Waals surface area contributed by atoms with Gasteiger partial charge in [-0.1, -0.05) is 42.5 Å². The first kappa shape index (κ1) is 15.8. The fraction of sp³-hybridized carbons (Fsp3) is 0. The van der Waals surface area contributed by atoms with Gasteiger partial charge in [0.2, 0.25) is 0 Å². The molecule has 0 bridgehead atoms. The molecule has 0 aliphatic carbocycles. The molecule has 0 unspecified atom stereocenters. The minimum Gasteiger partial charge on any atom is -0.451 e. The van der Waals surface area contributed by atoms with Gasteiger partial charge < -0.3 is 4.42 Å². The number of nitrogens with zero attached hydrogens (tertiary/aromatic N) is 1. The van der Waals surface area contributed by atoms with Gasteiger partial charge >= 0.3 is 5.91 Å². The summed E-state index contributed by atoms with van der Waals surface area (Å²) in [6.07, 6.45) is 1.61. The highest BCUT2D eigenvalue weighted by molar-refractivity contribution is 14.1. The van der Waals surface area contributed by atoms with Crippen LogP contribution in [0, 0.1) is 3.57 Å². The van der Waals surface area contributed by atoms with E-state index in [4.69, 9.17) is 4.42 Å². The largest absolute Gasteiger partial charge is 0.451 e. The summed E-state index contributed by atoms with van der Waals surface area (Å²) in [5.74, 6) is -0.131. The molecular formula is C20H13IN2O2. The minimum atomic E-state index is -0.373. The van der Waals surface area contributed by atoms with Crippen molar-refractivity contribution in [2.24, 2.45) is 5.10 Å². The molecular weight excluding hydrogens is 427 g/mol. The first-order valence-electron chi connectivity index (χ1n) is 7.71. The van der Waals surface area contributed by atoms with Crippen LogP contribution < -0.4 is 5.43 Å². The maximum atomic E-state index is 12.3. The van der Waals surface area contributed by atoms with Crippen molar-refractivity contribution in [1.82, 2.24) is 5.43 Å². The highest BCUT2D eigenvalue weighted by Gasteiger charge is 2.13. The Balaban J connectivity index is 1.59. The summed E-state index contributed by atoms with van der Waals surface area (Å²) in [5.41, 5.74) is 4.12. The van der Waals surface area contributed by atoms with Crippen molar-refractivity contribution in [1.29, 1.82) is 0 Å². The summed E-state index contributed by atoms with van der Waals surface area (Å²) in [4.78, 5) is 12.3. The van der Waals surface area contributed by atoms with Crippen molar-refractivity contribution in [3.8, 4) is 0 Å². The van der Waals surface area contributed by atoms with Gasteiger partial charge in [-0.3, -0.25) is 4.79 Å². The summed E-state index contributed by atoms with van der Waals surface area (Å²) >= 11 is 2.23. The number of hydrogen-bond donors (Lipinski definition) is 1. The van der Waals surface area contributed by atoms with Crippen LogP contribution in [0.25, 0.3) is 21.7 Å². The van der Waals surface area contributed by atoms with Gasteiger partial charge in [0.05, 0.1) is 6.21 Å². The SMILES string of the molecule is O=C(N/N=C\c1cccc(I)c1)c1cc2c(ccc3ccccc32)o1. The maximum absolute atomic E-state index is 12.3. The zero-order valence-corrected chi connectivity index (χ0v) is 15.2. The van der Waals surface area contributed by atoms with Gasteiger partial charge in [0.1, 0.15) is 5.58 Å². The number of fused-ring (bicyclic) bond motifs is 3. The van der Waals surface area contributed by atoms with Gasteiger partial charge in [-0.25, -0.2) is 5.43 Å². The van der Waals surface area contributed by atoms with Crippen molar-refractivity contribution in [3.63, 3.8) is 0 Å². The van der Waals surface area contributed by atoms with E-state index in [0.717, 1.165) is 25.3 Å². The van der Waals surface area contributed by atoms with Crippen LogP contribution in [0.2, 0.25) is 0 Å². The number of rotatable bonds is 3. The summed E-state index contributed by atoms with van der Waals surface area (Å²) in [6, 6.07) is 21.5. The van der Waals surface area contributed by atoms with E-state index < -0.39 is 0 Å². The first-order valence-corrected chi connectivity index (χ1v) is 8.79. The molecule has 1 heterocycles. The lowest BCUT2D eigenvalue weighted by Crippen LogP contribution is -2.16. The van der Waals surface area contributed by atoms with Gasteiger partial charge in [0.25, 0.3) is 0 Å². The molecule has 0 spiro atoms. The molecule has 5 heteroatoms. The molecule has 0 saturated heterocycles. The molecule has 0 atom stereocenters. The third kappa shape index (κ3) is 3.28. The number of furan rings is 1. The topological polar surface area (TPSA) is 54.6 Å². The molecule has 0 radical (unpaired) electrons. The Morgan fingerprint density at radius 2 is 1.88 bits per heavy atom. The van der Waals surface area contributed by atoms with Crippen molar-refractivity contribution in [2.75, 3.05) is 0 Å². The van der Waals surface area contributed by atoms with Crippen LogP contribution in [0.3, 0.4) is 0 Å². The second kappa shape index (κ2) is 6.68. The predicted molar refractivity (Wildman–Crippen MR) is 108 cm³/mol. The normalized spacial score (nSPS) is 11.4. The molecule has 3 aromatic carbocycles. The number of carbonyl (C=O) groups is 1. The zero-order valence-electron chi connectivity index (χ0n) is 13.1. The Morgan fingerprint density at radius 1 is 1.00 bits per heavy atom. The average molecular weight is 440 g/mol. The lowest BCUT2D eigenvalue weighted by Gasteiger charge is -1.96. The number of amides is 1. The molecule has 1 N–H and O–H groups in total. The summed E-state index contributed by atoms with van der Waals surface area (Å²) in [7, 11) is 0. The van der Waals surface area contributed by atoms with Crippen LogP contribution in [0.4, 0.5) is 0 Å². The van der Waals surface area contributed by atoms with Gasteiger partial charge in [0.15, 0.2) is 5.76 Å². The zero-order chi connectivity index (χ0) is 17.2. The fourth-order valence-corrected chi connectivity index (χ4v) is 3.28. The molecule has 4 rings (SSSR count). The molecule has 4 nitrogen and oxygen atoms in total. The predicted octanol–water partition coefficient (Wildman–Crippen LogP) is 4.95. The van der Waals surface area contributed by atoms with Crippen LogP contribution in [-0.4, -0.2) is 12.1 Å². The Hall–Kier alpha value is -2.67. The van der Waals surface area contributed by atoms with E-state index in [0.29, 0.717) is 5.58 Å². The Kier molecular flexibility index (Phi) is 4.23. The van der Waals surface area contributed by atoms with Crippen LogP contribution in [0.5, 0.6) is 0 Å². The van der Waals surface area contributed by atoms with E-state index in [1.54, 1.807) is 12.3 Å². The number of carbonyl (C=O) groups excluding carboxylic acids is 1. The number of hydrogen-bond acceptors (Lipinski definition) is 3.